The molecule has 0 radical (unpaired) electrons. The van der Waals surface area contributed by atoms with Gasteiger partial charge in [-0.3, -0.25) is 14.3 Å². The highest BCUT2D eigenvalue weighted by Crippen LogP contribution is 2.26. The summed E-state index contributed by atoms with van der Waals surface area (Å²) >= 11 is 0. The Labute approximate surface area is 201 Å². The minimum absolute atomic E-state index is 0.0604. The van der Waals surface area contributed by atoms with E-state index in [-0.39, 0.29) is 18.2 Å². The van der Waals surface area contributed by atoms with Gasteiger partial charge in [0.15, 0.2) is 11.5 Å². The van der Waals surface area contributed by atoms with Gasteiger partial charge in [0.05, 0.1) is 23.9 Å². The molecule has 0 spiro atoms. The van der Waals surface area contributed by atoms with Gasteiger partial charge in [0.2, 0.25) is 11.8 Å². The summed E-state index contributed by atoms with van der Waals surface area (Å²) in [5, 5.41) is 23.9. The van der Waals surface area contributed by atoms with Crippen LogP contribution < -0.4 is 15.4 Å². The van der Waals surface area contributed by atoms with Gasteiger partial charge in [0.25, 0.3) is 5.91 Å². The molecule has 0 aliphatic rings. The van der Waals surface area contributed by atoms with Gasteiger partial charge < -0.3 is 20.5 Å². The minimum Gasteiger partial charge on any atom is -0.438 e. The Kier molecular flexibility index (Phi) is 6.27. The number of amides is 2. The van der Waals surface area contributed by atoms with E-state index in [9.17, 15) is 14.7 Å². The molecular weight excluding hydrogens is 450 g/mol. The van der Waals surface area contributed by atoms with Crippen molar-refractivity contribution in [3.05, 3.63) is 59.5 Å². The lowest BCUT2D eigenvalue weighted by molar-refractivity contribution is -0.119. The number of benzene rings is 1. The van der Waals surface area contributed by atoms with Gasteiger partial charge in [0.1, 0.15) is 11.4 Å². The maximum absolute atomic E-state index is 12.7. The van der Waals surface area contributed by atoms with Crippen molar-refractivity contribution in [2.24, 2.45) is 7.05 Å². The molecule has 0 saturated heterocycles. The number of rotatable bonds is 7. The first-order chi connectivity index (χ1) is 16.5. The largest absolute Gasteiger partial charge is 0.438 e. The van der Waals surface area contributed by atoms with Crippen molar-refractivity contribution in [2.45, 2.75) is 39.7 Å². The highest BCUT2D eigenvalue weighted by atomic mass is 16.5. The fourth-order valence-corrected chi connectivity index (χ4v) is 3.49. The highest BCUT2D eigenvalue weighted by molar-refractivity contribution is 6.03. The molecule has 0 aliphatic heterocycles. The number of nitrogens with zero attached hydrogens (tertiary/aromatic N) is 5. The van der Waals surface area contributed by atoms with Crippen LogP contribution in [0.15, 0.2) is 42.6 Å². The molecule has 0 unspecified atom stereocenters. The van der Waals surface area contributed by atoms with Crippen LogP contribution in [-0.4, -0.2) is 46.9 Å². The zero-order valence-electron chi connectivity index (χ0n) is 20.2. The van der Waals surface area contributed by atoms with Gasteiger partial charge in [-0.15, -0.1) is 5.10 Å². The average molecular weight is 478 g/mol. The summed E-state index contributed by atoms with van der Waals surface area (Å²) < 4.78 is 8.92. The zero-order valence-corrected chi connectivity index (χ0v) is 20.2. The van der Waals surface area contributed by atoms with Crippen LogP contribution in [0.4, 0.5) is 11.5 Å². The smallest absolute Gasteiger partial charge is 0.273 e. The lowest BCUT2D eigenvalue weighted by Gasteiger charge is -2.15. The number of carbonyl (C=O) groups is 2. The van der Waals surface area contributed by atoms with Crippen LogP contribution in [0.5, 0.6) is 11.6 Å². The maximum Gasteiger partial charge on any atom is 0.273 e. The molecule has 35 heavy (non-hydrogen) atoms. The van der Waals surface area contributed by atoms with Gasteiger partial charge in [-0.25, -0.2) is 9.50 Å². The molecule has 3 heterocycles. The third-order valence-electron chi connectivity index (χ3n) is 5.07. The van der Waals surface area contributed by atoms with Crippen molar-refractivity contribution in [1.29, 1.82) is 0 Å². The Morgan fingerprint density at radius 2 is 1.86 bits per heavy atom. The molecule has 0 atom stereocenters. The van der Waals surface area contributed by atoms with E-state index in [1.54, 1.807) is 57.4 Å². The van der Waals surface area contributed by atoms with Crippen molar-refractivity contribution >= 4 is 29.0 Å². The number of aliphatic hydroxyl groups is 1. The fourth-order valence-electron chi connectivity index (χ4n) is 3.49. The quantitative estimate of drug-likeness (QED) is 0.372. The molecule has 4 rings (SSSR count). The van der Waals surface area contributed by atoms with Gasteiger partial charge in [-0.05, 0) is 51.5 Å². The van der Waals surface area contributed by atoms with E-state index in [2.05, 4.69) is 25.8 Å². The highest BCUT2D eigenvalue weighted by Gasteiger charge is 2.19. The van der Waals surface area contributed by atoms with Crippen molar-refractivity contribution in [2.75, 3.05) is 10.6 Å². The first kappa shape index (κ1) is 23.9. The number of aryl methyl sites for hydroxylation is 3. The van der Waals surface area contributed by atoms with Crippen molar-refractivity contribution < 1.29 is 19.4 Å². The van der Waals surface area contributed by atoms with E-state index in [0.717, 1.165) is 11.3 Å². The van der Waals surface area contributed by atoms with E-state index in [4.69, 9.17) is 4.74 Å². The second-order valence-electron chi connectivity index (χ2n) is 8.97. The Hall–Kier alpha value is -4.25. The minimum atomic E-state index is -1.12. The van der Waals surface area contributed by atoms with E-state index < -0.39 is 5.60 Å². The summed E-state index contributed by atoms with van der Waals surface area (Å²) in [5.74, 6) is 0.471. The topological polar surface area (TPSA) is 136 Å². The number of fused-ring (bicyclic) bond motifs is 1. The summed E-state index contributed by atoms with van der Waals surface area (Å²) in [5.41, 5.74) is 2.07. The van der Waals surface area contributed by atoms with Crippen LogP contribution in [0.25, 0.3) is 5.65 Å². The van der Waals surface area contributed by atoms with Gasteiger partial charge in [-0.2, -0.15) is 5.10 Å². The number of anilines is 2. The van der Waals surface area contributed by atoms with Crippen LogP contribution in [0.1, 0.15) is 42.0 Å². The third kappa shape index (κ3) is 5.82. The molecule has 0 saturated carbocycles. The predicted molar refractivity (Wildman–Crippen MR) is 130 cm³/mol. The molecule has 3 aromatic heterocycles. The van der Waals surface area contributed by atoms with Crippen molar-refractivity contribution in [3.63, 3.8) is 0 Å². The molecule has 1 aromatic carbocycles. The van der Waals surface area contributed by atoms with E-state index in [0.29, 0.717) is 34.5 Å². The zero-order chi connectivity index (χ0) is 25.3. The number of carbonyl (C=O) groups excluding carboxylic acids is 2. The SMILES string of the molecule is Cc1cc(C(=O)Nc2cc(Oc3ccc4nc(NC(=O)CC(C)(C)O)cn4n3)ccc2C)n(C)n1. The van der Waals surface area contributed by atoms with Gasteiger partial charge >= 0.3 is 0 Å². The van der Waals surface area contributed by atoms with Crippen LogP contribution in [0, 0.1) is 13.8 Å². The van der Waals surface area contributed by atoms with Gasteiger partial charge in [0, 0.05) is 24.9 Å². The second-order valence-corrected chi connectivity index (χ2v) is 8.97. The number of hydrogen-bond acceptors (Lipinski definition) is 7. The van der Waals surface area contributed by atoms with E-state index in [1.807, 2.05) is 19.9 Å². The summed E-state index contributed by atoms with van der Waals surface area (Å²) in [6, 6.07) is 10.4. The number of hydrogen-bond donors (Lipinski definition) is 3. The third-order valence-corrected chi connectivity index (χ3v) is 5.07. The maximum atomic E-state index is 12.7. The molecule has 4 aromatic rings. The fraction of sp³-hybridized carbons (Fsp3) is 0.292. The molecule has 0 bridgehead atoms. The standard InChI is InChI=1S/C24H27N7O4/c1-14-6-7-16(11-17(14)25-23(33)18-10-15(2)28-30(18)5)35-22-9-8-20-26-19(13-31(20)29-22)27-21(32)12-24(3,4)34/h6-11,13,34H,12H2,1-5H3,(H,25,33)(H,27,32). The van der Waals surface area contributed by atoms with Gasteiger partial charge in [-0.1, -0.05) is 6.07 Å². The number of nitrogens with one attached hydrogen (secondary N) is 2. The van der Waals surface area contributed by atoms with E-state index >= 15 is 0 Å². The molecule has 0 fully saturated rings. The molecule has 0 aliphatic carbocycles. The molecule has 182 valence electrons. The van der Waals surface area contributed by atoms with Crippen LogP contribution >= 0.6 is 0 Å². The number of ether oxygens (including phenoxy) is 1. The summed E-state index contributed by atoms with van der Waals surface area (Å²) in [7, 11) is 1.72. The van der Waals surface area contributed by atoms with Crippen molar-refractivity contribution in [3.8, 4) is 11.6 Å². The second kappa shape index (κ2) is 9.18. The molecule has 2 amide bonds. The molecule has 11 nitrogen and oxygen atoms in total. The van der Waals surface area contributed by atoms with Crippen molar-refractivity contribution in [1.82, 2.24) is 24.4 Å². The molecule has 3 N–H and O–H groups in total. The summed E-state index contributed by atoms with van der Waals surface area (Å²) in [4.78, 5) is 29.1. The lowest BCUT2D eigenvalue weighted by atomic mass is 10.1. The van der Waals surface area contributed by atoms with Crippen LogP contribution in [0.3, 0.4) is 0 Å². The van der Waals surface area contributed by atoms with Crippen LogP contribution in [0.2, 0.25) is 0 Å². The Balaban J connectivity index is 1.49. The number of aromatic nitrogens is 5. The monoisotopic (exact) mass is 477 g/mol. The first-order valence-corrected chi connectivity index (χ1v) is 11.0. The number of imidazole rings is 1. The normalized spacial score (nSPS) is 11.5. The van der Waals surface area contributed by atoms with Crippen LogP contribution in [-0.2, 0) is 11.8 Å². The van der Waals surface area contributed by atoms with E-state index in [1.165, 1.54) is 9.20 Å². The average Bonchev–Trinajstić information content (AvgIpc) is 3.29. The Morgan fingerprint density at radius 3 is 2.54 bits per heavy atom. The summed E-state index contributed by atoms with van der Waals surface area (Å²) in [6.07, 6.45) is 1.50. The molecular formula is C24H27N7O4. The molecule has 11 heteroatoms. The summed E-state index contributed by atoms with van der Waals surface area (Å²) in [6.45, 7) is 6.83. The Morgan fingerprint density at radius 1 is 1.09 bits per heavy atom. The lowest BCUT2D eigenvalue weighted by Crippen LogP contribution is -2.27. The first-order valence-electron chi connectivity index (χ1n) is 11.0. The predicted octanol–water partition coefficient (Wildman–Crippen LogP) is 3.22. The Bertz CT molecular complexity index is 1420.